The molecule has 0 aromatic rings. The van der Waals surface area contributed by atoms with Gasteiger partial charge in [0.1, 0.15) is 35.8 Å². The second kappa shape index (κ2) is 11.6. The Bertz CT molecular complexity index is 659. The summed E-state index contributed by atoms with van der Waals surface area (Å²) in [5.74, 6) is 1.22. The maximum absolute atomic E-state index is 12.7. The van der Waals surface area contributed by atoms with Crippen molar-refractivity contribution in [1.29, 1.82) is 0 Å². The molecule has 2 aliphatic heterocycles. The summed E-state index contributed by atoms with van der Waals surface area (Å²) in [7, 11) is -3.22. The molecule has 0 aromatic carbocycles. The summed E-state index contributed by atoms with van der Waals surface area (Å²) in [5, 5.41) is 16.2. The van der Waals surface area contributed by atoms with Crippen molar-refractivity contribution in [3.05, 3.63) is 0 Å². The van der Waals surface area contributed by atoms with Crippen molar-refractivity contribution in [1.82, 2.24) is 30.9 Å². The molecule has 6 atom stereocenters. The summed E-state index contributed by atoms with van der Waals surface area (Å²) in [6.45, 7) is 3.92. The minimum absolute atomic E-state index is 0.0232. The molecule has 3 fully saturated rings. The zero-order chi connectivity index (χ0) is 24.2. The standard InChI is InChI=1S/C20H39F3N6O3S/c1-13(2)14-5-4-6-16(11-14)25-18-26-17(27-19(28-18)32-12-20(21,22)23)24-15-7-9-29(10-8-15)33(3,30)31/h13-19,24-28H,4-12H2,1-3H3. The first-order chi connectivity index (χ1) is 15.4. The van der Waals surface area contributed by atoms with E-state index >= 15 is 0 Å². The van der Waals surface area contributed by atoms with E-state index in [0.29, 0.717) is 37.8 Å². The topological polar surface area (TPSA) is 113 Å². The van der Waals surface area contributed by atoms with Gasteiger partial charge in [-0.1, -0.05) is 30.9 Å². The van der Waals surface area contributed by atoms with Gasteiger partial charge in [0.05, 0.1) is 0 Å². The molecule has 5 N–H and O–H groups in total. The Labute approximate surface area is 195 Å². The van der Waals surface area contributed by atoms with Crippen molar-refractivity contribution in [2.75, 3.05) is 26.0 Å². The van der Waals surface area contributed by atoms with E-state index in [-0.39, 0.29) is 12.1 Å². The third-order valence-electron chi connectivity index (χ3n) is 6.77. The van der Waals surface area contributed by atoms with Gasteiger partial charge in [-0.25, -0.2) is 0 Å². The lowest BCUT2D eigenvalue weighted by Crippen LogP contribution is -2.76. The van der Waals surface area contributed by atoms with Gasteiger partial charge in [-0.2, -0.15) is 13.2 Å². The van der Waals surface area contributed by atoms with Crippen LogP contribution in [-0.4, -0.2) is 72.0 Å². The van der Waals surface area contributed by atoms with Crippen LogP contribution in [-0.2, 0) is 19.3 Å². The molecule has 6 unspecified atom stereocenters. The lowest BCUT2D eigenvalue weighted by molar-refractivity contribution is -0.199. The fraction of sp³-hybridized carbons (Fsp3) is 1.00. The number of hydrogen-bond donors (Lipinski definition) is 5. The Hall–Kier alpha value is -0.380. The molecule has 194 valence electrons. The van der Waals surface area contributed by atoms with Crippen LogP contribution in [0.4, 0.5) is 13.2 Å². The number of ether oxygens (including phenoxy) is 1. The molecule has 0 aromatic heterocycles. The molecule has 3 rings (SSSR count). The molecule has 2 saturated heterocycles. The van der Waals surface area contributed by atoms with Crippen molar-refractivity contribution in [2.24, 2.45) is 11.8 Å². The highest BCUT2D eigenvalue weighted by atomic mass is 32.3. The Morgan fingerprint density at radius 1 is 1.06 bits per heavy atom. The molecule has 33 heavy (non-hydrogen) atoms. The van der Waals surface area contributed by atoms with Crippen LogP contribution in [0.5, 0.6) is 0 Å². The highest BCUT2D eigenvalue weighted by molar-refractivity contribution is 7.94. The molecule has 0 bridgehead atoms. The number of alkyl halides is 3. The minimum atomic E-state index is -4.42. The van der Waals surface area contributed by atoms with E-state index in [1.165, 1.54) is 17.0 Å². The number of rotatable bonds is 8. The number of nitrogens with zero attached hydrogens (tertiary/aromatic N) is 1. The van der Waals surface area contributed by atoms with Crippen molar-refractivity contribution in [3.8, 4) is 0 Å². The number of sulfonamides is 1. The third kappa shape index (κ3) is 8.97. The van der Waals surface area contributed by atoms with E-state index in [0.717, 1.165) is 19.3 Å². The molecule has 3 aliphatic rings. The van der Waals surface area contributed by atoms with Crippen LogP contribution in [0.1, 0.15) is 52.4 Å². The lowest BCUT2D eigenvalue weighted by atomic mass is 9.79. The van der Waals surface area contributed by atoms with Gasteiger partial charge in [0.2, 0.25) is 0 Å². The summed E-state index contributed by atoms with van der Waals surface area (Å²) in [6.07, 6.45) is 0.455. The zero-order valence-corrected chi connectivity index (χ0v) is 20.4. The highest BCUT2D eigenvalue weighted by Crippen LogP contribution is 2.30. The molecule has 9 nitrogen and oxygen atoms in total. The lowest BCUT2D eigenvalue weighted by Gasteiger charge is -2.43. The van der Waals surface area contributed by atoms with E-state index in [4.69, 9.17) is 4.74 Å². The van der Waals surface area contributed by atoms with Gasteiger partial charge in [-0.3, -0.25) is 26.6 Å². The van der Waals surface area contributed by atoms with Crippen LogP contribution in [0, 0.1) is 11.8 Å². The fourth-order valence-corrected chi connectivity index (χ4v) is 5.76. The fourth-order valence-electron chi connectivity index (χ4n) is 4.89. The van der Waals surface area contributed by atoms with Gasteiger partial charge in [-0.05, 0) is 37.5 Å². The van der Waals surface area contributed by atoms with Gasteiger partial charge in [0.25, 0.3) is 0 Å². The van der Waals surface area contributed by atoms with Gasteiger partial charge < -0.3 is 9.29 Å². The Morgan fingerprint density at radius 2 is 1.67 bits per heavy atom. The zero-order valence-electron chi connectivity index (χ0n) is 19.6. The highest BCUT2D eigenvalue weighted by Gasteiger charge is 2.36. The smallest absolute Gasteiger partial charge is 0.411 e. The quantitative estimate of drug-likeness (QED) is 0.317. The Kier molecular flexibility index (Phi) is 9.54. The summed E-state index contributed by atoms with van der Waals surface area (Å²) < 4.78 is 68.1. The number of piperidine rings is 1. The normalized spacial score (nSPS) is 35.0. The molecule has 13 heteroatoms. The third-order valence-corrected chi connectivity index (χ3v) is 8.07. The molecule has 0 spiro atoms. The van der Waals surface area contributed by atoms with Crippen molar-refractivity contribution >= 4 is 10.4 Å². The molecule has 2 heterocycles. The maximum Gasteiger partial charge on any atom is 0.411 e. The minimum Gasteiger partial charge on any atom is -0.598 e. The summed E-state index contributed by atoms with van der Waals surface area (Å²) in [4.78, 5) is 0. The summed E-state index contributed by atoms with van der Waals surface area (Å²) >= 11 is 0. The molecular formula is C20H39F3N6O3S. The van der Waals surface area contributed by atoms with Gasteiger partial charge in [0.15, 0.2) is 6.35 Å². The van der Waals surface area contributed by atoms with E-state index in [2.05, 4.69) is 40.4 Å². The van der Waals surface area contributed by atoms with E-state index in [9.17, 15) is 21.9 Å². The van der Waals surface area contributed by atoms with Gasteiger partial charge >= 0.3 is 6.18 Å². The van der Waals surface area contributed by atoms with E-state index in [1.807, 2.05) is 0 Å². The molecule has 1 aliphatic carbocycles. The molecular weight excluding hydrogens is 461 g/mol. The van der Waals surface area contributed by atoms with Crippen LogP contribution >= 0.6 is 0 Å². The second-order valence-electron chi connectivity index (χ2n) is 9.81. The Balaban J connectivity index is 1.56. The van der Waals surface area contributed by atoms with Crippen LogP contribution in [0.3, 0.4) is 0 Å². The first-order valence-corrected chi connectivity index (χ1v) is 13.7. The summed E-state index contributed by atoms with van der Waals surface area (Å²) in [5.41, 5.74) is 0. The van der Waals surface area contributed by atoms with Gasteiger partial charge in [-0.15, -0.1) is 4.31 Å². The molecule has 1 saturated carbocycles. The maximum atomic E-state index is 12.7. The monoisotopic (exact) mass is 500 g/mol. The van der Waals surface area contributed by atoms with Crippen LogP contribution in [0.25, 0.3) is 0 Å². The first kappa shape index (κ1) is 27.2. The van der Waals surface area contributed by atoms with Crippen molar-refractivity contribution in [3.63, 3.8) is 0 Å². The van der Waals surface area contributed by atoms with Gasteiger partial charge in [0, 0.05) is 25.2 Å². The largest absolute Gasteiger partial charge is 0.598 e. The van der Waals surface area contributed by atoms with E-state index < -0.39 is 42.1 Å². The van der Waals surface area contributed by atoms with Crippen LogP contribution in [0.2, 0.25) is 0 Å². The SMILES string of the molecule is CC(C)C1CCCC(NC2NC(NC3CCN([S+](C)(=O)[O-])CC3)NC(OCC(F)(F)F)N2)C1. The molecule has 0 amide bonds. The predicted molar refractivity (Wildman–Crippen MR) is 119 cm³/mol. The van der Waals surface area contributed by atoms with E-state index in [1.54, 1.807) is 0 Å². The van der Waals surface area contributed by atoms with Crippen molar-refractivity contribution < 1.29 is 26.7 Å². The average molecular weight is 501 g/mol. The first-order valence-electron chi connectivity index (χ1n) is 11.8. The number of hydrogen-bond acceptors (Lipinski definition) is 8. The average Bonchev–Trinajstić information content (AvgIpc) is 2.71. The Morgan fingerprint density at radius 3 is 2.21 bits per heavy atom. The predicted octanol–water partition coefficient (Wildman–Crippen LogP) is 1.23. The summed E-state index contributed by atoms with van der Waals surface area (Å²) in [6, 6.07) is 0.284. The van der Waals surface area contributed by atoms with Crippen LogP contribution in [0.15, 0.2) is 0 Å². The van der Waals surface area contributed by atoms with Crippen LogP contribution < -0.4 is 26.6 Å². The number of nitrogens with one attached hydrogen (secondary N) is 5. The second-order valence-corrected chi connectivity index (χ2v) is 11.8. The van der Waals surface area contributed by atoms with Crippen molar-refractivity contribution in [2.45, 2.75) is 89.6 Å². The molecule has 0 radical (unpaired) electrons. The number of halogens is 3.